The average molecular weight is 645 g/mol. The van der Waals surface area contributed by atoms with Crippen LogP contribution >= 0.6 is 0 Å². The maximum atomic E-state index is 6.26. The summed E-state index contributed by atoms with van der Waals surface area (Å²) in [5, 5.41) is 0. The van der Waals surface area contributed by atoms with E-state index >= 15 is 0 Å². The van der Waals surface area contributed by atoms with Crippen molar-refractivity contribution in [2.45, 2.75) is 238 Å². The van der Waals surface area contributed by atoms with Crippen LogP contribution in [0.3, 0.4) is 0 Å². The summed E-state index contributed by atoms with van der Waals surface area (Å²) >= 11 is 0. The fraction of sp³-hybridized carbons (Fsp3) is 0.909. The van der Waals surface area contributed by atoms with Crippen LogP contribution in [0, 0.1) is 5.92 Å². The van der Waals surface area contributed by atoms with Gasteiger partial charge in [-0.1, -0.05) is 199 Å². The van der Waals surface area contributed by atoms with E-state index in [9.17, 15) is 0 Å². The molecule has 0 spiro atoms. The molecule has 2 nitrogen and oxygen atoms in total. The summed E-state index contributed by atoms with van der Waals surface area (Å²) in [6.07, 6.45) is 57.5. The molecule has 0 aliphatic heterocycles. The Morgan fingerprint density at radius 3 is 0.957 bits per heavy atom. The Kier molecular flexibility index (Phi) is 38.3. The zero-order valence-electron chi connectivity index (χ0n) is 32.5. The third kappa shape index (κ3) is 36.2. The molecule has 0 bridgehead atoms. The Bertz CT molecular complexity index is 567. The van der Waals surface area contributed by atoms with E-state index in [4.69, 9.17) is 5.73 Å². The van der Waals surface area contributed by atoms with Crippen LogP contribution in [0.25, 0.3) is 0 Å². The van der Waals surface area contributed by atoms with E-state index in [-0.39, 0.29) is 6.17 Å². The summed E-state index contributed by atoms with van der Waals surface area (Å²) in [6, 6.07) is 0. The van der Waals surface area contributed by atoms with Gasteiger partial charge in [-0.2, -0.15) is 0 Å². The smallest absolute Gasteiger partial charge is 0.0566 e. The van der Waals surface area contributed by atoms with Crippen molar-refractivity contribution in [3.8, 4) is 0 Å². The van der Waals surface area contributed by atoms with Crippen LogP contribution in [0.2, 0.25) is 0 Å². The molecule has 0 saturated heterocycles. The summed E-state index contributed by atoms with van der Waals surface area (Å²) < 4.78 is 0. The van der Waals surface area contributed by atoms with Crippen molar-refractivity contribution in [1.82, 2.24) is 4.90 Å². The minimum Gasteiger partial charge on any atom is -0.316 e. The second-order valence-electron chi connectivity index (χ2n) is 15.1. The molecular formula is C44H88N2. The summed E-state index contributed by atoms with van der Waals surface area (Å²) in [5.41, 5.74) is 6.26. The van der Waals surface area contributed by atoms with E-state index in [1.807, 2.05) is 0 Å². The zero-order chi connectivity index (χ0) is 33.6. The van der Waals surface area contributed by atoms with Gasteiger partial charge in [-0.3, -0.25) is 4.90 Å². The van der Waals surface area contributed by atoms with Gasteiger partial charge in [-0.05, 0) is 77.8 Å². The van der Waals surface area contributed by atoms with E-state index in [1.54, 1.807) is 0 Å². The Labute approximate surface area is 292 Å². The van der Waals surface area contributed by atoms with Crippen molar-refractivity contribution in [1.29, 1.82) is 0 Å². The second kappa shape index (κ2) is 38.8. The van der Waals surface area contributed by atoms with E-state index in [2.05, 4.69) is 57.1 Å². The number of hydrogen-bond donors (Lipinski definition) is 1. The van der Waals surface area contributed by atoms with Gasteiger partial charge in [-0.25, -0.2) is 0 Å². The molecule has 1 atom stereocenters. The Morgan fingerprint density at radius 1 is 0.370 bits per heavy atom. The van der Waals surface area contributed by atoms with Crippen molar-refractivity contribution in [3.63, 3.8) is 0 Å². The summed E-state index contributed by atoms with van der Waals surface area (Å²) in [6.45, 7) is 4.60. The standard InChI is InChI=1S/C44H88N2/c1-5-7-9-11-13-15-17-19-21-23-25-27-29-31-33-35-39-43(41-37-38-42-44(45)46(3)4)40-36-34-32-30-28-26-24-22-20-18-16-14-12-10-8-6-2/h19-22,43-44H,5-18,23-42,45H2,1-4H3/b21-19-,22-20-. The van der Waals surface area contributed by atoms with Crippen LogP contribution < -0.4 is 5.73 Å². The number of hydrogen-bond acceptors (Lipinski definition) is 2. The first-order valence-electron chi connectivity index (χ1n) is 21.3. The lowest BCUT2D eigenvalue weighted by atomic mass is 9.89. The maximum Gasteiger partial charge on any atom is 0.0566 e. The van der Waals surface area contributed by atoms with Gasteiger partial charge in [0.1, 0.15) is 0 Å². The van der Waals surface area contributed by atoms with Crippen LogP contribution in [-0.2, 0) is 0 Å². The molecule has 0 aromatic heterocycles. The van der Waals surface area contributed by atoms with Gasteiger partial charge in [-0.15, -0.1) is 0 Å². The molecule has 46 heavy (non-hydrogen) atoms. The van der Waals surface area contributed by atoms with Gasteiger partial charge < -0.3 is 5.73 Å². The predicted octanol–water partition coefficient (Wildman–Crippen LogP) is 14.9. The van der Waals surface area contributed by atoms with Gasteiger partial charge in [0, 0.05) is 0 Å². The minimum atomic E-state index is 0.227. The topological polar surface area (TPSA) is 29.3 Å². The van der Waals surface area contributed by atoms with Crippen LogP contribution in [0.4, 0.5) is 0 Å². The molecule has 0 aliphatic carbocycles. The molecule has 0 saturated carbocycles. The van der Waals surface area contributed by atoms with Crippen LogP contribution in [0.5, 0.6) is 0 Å². The molecule has 0 heterocycles. The predicted molar refractivity (Wildman–Crippen MR) is 212 cm³/mol. The minimum absolute atomic E-state index is 0.227. The molecule has 2 N–H and O–H groups in total. The van der Waals surface area contributed by atoms with E-state index in [0.717, 1.165) is 12.3 Å². The highest BCUT2D eigenvalue weighted by atomic mass is 15.2. The highest BCUT2D eigenvalue weighted by molar-refractivity contribution is 4.82. The van der Waals surface area contributed by atoms with Crippen molar-refractivity contribution in [3.05, 3.63) is 24.3 Å². The summed E-state index contributed by atoms with van der Waals surface area (Å²) in [4.78, 5) is 2.16. The van der Waals surface area contributed by atoms with Crippen molar-refractivity contribution in [2.24, 2.45) is 11.7 Å². The van der Waals surface area contributed by atoms with E-state index < -0.39 is 0 Å². The Balaban J connectivity index is 3.90. The number of allylic oxidation sites excluding steroid dienone is 4. The molecule has 0 aliphatic rings. The van der Waals surface area contributed by atoms with Crippen molar-refractivity contribution < 1.29 is 0 Å². The molecular weight excluding hydrogens is 556 g/mol. The van der Waals surface area contributed by atoms with Crippen LogP contribution in [-0.4, -0.2) is 25.2 Å². The number of nitrogens with zero attached hydrogens (tertiary/aromatic N) is 1. The maximum absolute atomic E-state index is 6.26. The molecule has 274 valence electrons. The lowest BCUT2D eigenvalue weighted by molar-refractivity contribution is 0.273. The first-order chi connectivity index (χ1) is 22.6. The monoisotopic (exact) mass is 645 g/mol. The number of unbranched alkanes of at least 4 members (excludes halogenated alkanes) is 25. The van der Waals surface area contributed by atoms with Gasteiger partial charge in [0.15, 0.2) is 0 Å². The van der Waals surface area contributed by atoms with E-state index in [1.165, 1.54) is 212 Å². The molecule has 0 rings (SSSR count). The molecule has 0 fully saturated rings. The molecule has 0 radical (unpaired) electrons. The first-order valence-corrected chi connectivity index (χ1v) is 21.3. The number of rotatable bonds is 38. The molecule has 1 unspecified atom stereocenters. The number of nitrogens with two attached hydrogens (primary N) is 1. The summed E-state index contributed by atoms with van der Waals surface area (Å²) in [7, 11) is 4.21. The quantitative estimate of drug-likeness (QED) is 0.0411. The molecule has 2 heteroatoms. The van der Waals surface area contributed by atoms with Gasteiger partial charge >= 0.3 is 0 Å². The lowest BCUT2D eigenvalue weighted by Crippen LogP contribution is -2.36. The largest absolute Gasteiger partial charge is 0.316 e. The zero-order valence-corrected chi connectivity index (χ0v) is 32.5. The fourth-order valence-corrected chi connectivity index (χ4v) is 6.84. The van der Waals surface area contributed by atoms with Gasteiger partial charge in [0.25, 0.3) is 0 Å². The lowest BCUT2D eigenvalue weighted by Gasteiger charge is -2.20. The van der Waals surface area contributed by atoms with Crippen molar-refractivity contribution in [2.75, 3.05) is 14.1 Å². The second-order valence-corrected chi connectivity index (χ2v) is 15.1. The fourth-order valence-electron chi connectivity index (χ4n) is 6.84. The first kappa shape index (κ1) is 45.4. The third-order valence-electron chi connectivity index (χ3n) is 10.3. The highest BCUT2D eigenvalue weighted by Crippen LogP contribution is 2.25. The van der Waals surface area contributed by atoms with Gasteiger partial charge in [0.2, 0.25) is 0 Å². The van der Waals surface area contributed by atoms with E-state index in [0.29, 0.717) is 0 Å². The highest BCUT2D eigenvalue weighted by Gasteiger charge is 2.10. The average Bonchev–Trinajstić information content (AvgIpc) is 3.05. The third-order valence-corrected chi connectivity index (χ3v) is 10.3. The summed E-state index contributed by atoms with van der Waals surface area (Å²) in [5.74, 6) is 0.948. The SMILES string of the molecule is CCCCCCCC/C=C\CCCCCCCCC(CCCCCCCC/C=C\CCCCCCCC)CCCCC(N)N(C)C. The van der Waals surface area contributed by atoms with Gasteiger partial charge in [0.05, 0.1) is 6.17 Å². The Morgan fingerprint density at radius 2 is 0.630 bits per heavy atom. The Hall–Kier alpha value is -0.600. The molecule has 0 aromatic carbocycles. The normalized spacial score (nSPS) is 12.9. The molecule has 0 amide bonds. The van der Waals surface area contributed by atoms with Crippen LogP contribution in [0.15, 0.2) is 24.3 Å². The van der Waals surface area contributed by atoms with Crippen LogP contribution in [0.1, 0.15) is 232 Å². The molecule has 0 aromatic rings. The van der Waals surface area contributed by atoms with Crippen molar-refractivity contribution >= 4 is 0 Å².